The molecule has 1 aromatic carbocycles. The third kappa shape index (κ3) is 4.49. The topological polar surface area (TPSA) is 52.9 Å². The Morgan fingerprint density at radius 3 is 3.00 bits per heavy atom. The fraction of sp³-hybridized carbons (Fsp3) is 0.600. The molecule has 4 heteroatoms. The molecule has 19 heavy (non-hydrogen) atoms. The second-order valence-electron chi connectivity index (χ2n) is 5.38. The van der Waals surface area contributed by atoms with Crippen LogP contribution < -0.4 is 4.74 Å². The van der Waals surface area contributed by atoms with E-state index in [1.807, 2.05) is 31.2 Å². The number of rotatable bonds is 6. The molecule has 1 fully saturated rings. The van der Waals surface area contributed by atoms with Crippen LogP contribution in [0.4, 0.5) is 0 Å². The maximum absolute atomic E-state index is 9.97. The van der Waals surface area contributed by atoms with Gasteiger partial charge >= 0.3 is 0 Å². The Morgan fingerprint density at radius 2 is 2.32 bits per heavy atom. The van der Waals surface area contributed by atoms with E-state index >= 15 is 0 Å². The average molecular weight is 265 g/mol. The molecular formula is C15H23NO3. The molecule has 2 atom stereocenters. The van der Waals surface area contributed by atoms with Gasteiger partial charge in [-0.1, -0.05) is 12.1 Å². The minimum absolute atomic E-state index is 0.242. The summed E-state index contributed by atoms with van der Waals surface area (Å²) in [6.07, 6.45) is 0.528. The van der Waals surface area contributed by atoms with E-state index in [2.05, 4.69) is 4.90 Å². The van der Waals surface area contributed by atoms with Gasteiger partial charge in [0.2, 0.25) is 0 Å². The van der Waals surface area contributed by atoms with Gasteiger partial charge in [0, 0.05) is 19.7 Å². The van der Waals surface area contributed by atoms with Crippen molar-refractivity contribution in [3.8, 4) is 5.75 Å². The number of benzene rings is 1. The Labute approximate surface area is 114 Å². The number of aliphatic hydroxyl groups excluding tert-OH is 2. The standard InChI is InChI=1S/C15H23NO3/c1-12-3-2-4-15(7-12)19-11-14(18)9-16-6-5-13(8-16)10-17/h2-4,7,13-14,17-18H,5-6,8-11H2,1H3. The van der Waals surface area contributed by atoms with Crippen LogP contribution in [0.1, 0.15) is 12.0 Å². The second-order valence-corrected chi connectivity index (χ2v) is 5.38. The Bertz CT molecular complexity index is 397. The molecule has 1 aliphatic heterocycles. The summed E-state index contributed by atoms with van der Waals surface area (Å²) >= 11 is 0. The van der Waals surface area contributed by atoms with Crippen LogP contribution in [0.5, 0.6) is 5.75 Å². The number of likely N-dealkylation sites (tertiary alicyclic amines) is 1. The molecular weight excluding hydrogens is 242 g/mol. The van der Waals surface area contributed by atoms with Gasteiger partial charge in [0.15, 0.2) is 0 Å². The summed E-state index contributed by atoms with van der Waals surface area (Å²) in [5.41, 5.74) is 1.15. The predicted octanol–water partition coefficient (Wildman–Crippen LogP) is 1.05. The van der Waals surface area contributed by atoms with Crippen molar-refractivity contribution >= 4 is 0 Å². The van der Waals surface area contributed by atoms with E-state index in [0.29, 0.717) is 19.1 Å². The molecule has 0 aromatic heterocycles. The summed E-state index contributed by atoms with van der Waals surface area (Å²) in [5.74, 6) is 1.17. The normalized spacial score (nSPS) is 21.5. The second kappa shape index (κ2) is 6.89. The number of ether oxygens (including phenoxy) is 1. The quantitative estimate of drug-likeness (QED) is 0.807. The molecule has 0 bridgehead atoms. The lowest BCUT2D eigenvalue weighted by molar-refractivity contribution is 0.0735. The van der Waals surface area contributed by atoms with Gasteiger partial charge in [0.25, 0.3) is 0 Å². The highest BCUT2D eigenvalue weighted by Crippen LogP contribution is 2.16. The number of β-amino-alcohol motifs (C(OH)–C–C–N with tert-alkyl or cyclic N) is 1. The van der Waals surface area contributed by atoms with Gasteiger partial charge in [0.1, 0.15) is 18.5 Å². The van der Waals surface area contributed by atoms with E-state index in [4.69, 9.17) is 9.84 Å². The Hall–Kier alpha value is -1.10. The maximum Gasteiger partial charge on any atom is 0.119 e. The van der Waals surface area contributed by atoms with Crippen molar-refractivity contribution in [2.24, 2.45) is 5.92 Å². The van der Waals surface area contributed by atoms with Crippen LogP contribution in [0, 0.1) is 12.8 Å². The van der Waals surface area contributed by atoms with E-state index in [1.165, 1.54) is 0 Å². The van der Waals surface area contributed by atoms with Crippen LogP contribution in [0.3, 0.4) is 0 Å². The van der Waals surface area contributed by atoms with Crippen LogP contribution >= 0.6 is 0 Å². The molecule has 2 unspecified atom stereocenters. The van der Waals surface area contributed by atoms with Gasteiger partial charge in [0.05, 0.1) is 0 Å². The summed E-state index contributed by atoms with van der Waals surface area (Å²) < 4.78 is 5.59. The van der Waals surface area contributed by atoms with Crippen molar-refractivity contribution in [1.29, 1.82) is 0 Å². The fourth-order valence-corrected chi connectivity index (χ4v) is 2.48. The fourth-order valence-electron chi connectivity index (χ4n) is 2.48. The van der Waals surface area contributed by atoms with Crippen LogP contribution in [0.15, 0.2) is 24.3 Å². The van der Waals surface area contributed by atoms with Crippen LogP contribution in [-0.4, -0.2) is 54.1 Å². The third-order valence-corrected chi connectivity index (χ3v) is 3.53. The van der Waals surface area contributed by atoms with E-state index < -0.39 is 6.10 Å². The summed E-state index contributed by atoms with van der Waals surface area (Å²) in [6, 6.07) is 7.83. The van der Waals surface area contributed by atoms with Crippen LogP contribution in [0.25, 0.3) is 0 Å². The molecule has 1 saturated heterocycles. The molecule has 0 amide bonds. The number of aryl methyl sites for hydroxylation is 1. The minimum atomic E-state index is -0.488. The molecule has 1 aliphatic rings. The molecule has 0 spiro atoms. The summed E-state index contributed by atoms with van der Waals surface area (Å²) in [6.45, 7) is 5.01. The van der Waals surface area contributed by atoms with Gasteiger partial charge in [-0.3, -0.25) is 0 Å². The average Bonchev–Trinajstić information content (AvgIpc) is 2.84. The minimum Gasteiger partial charge on any atom is -0.491 e. The van der Waals surface area contributed by atoms with Gasteiger partial charge in [-0.05, 0) is 43.5 Å². The van der Waals surface area contributed by atoms with Crippen molar-refractivity contribution in [3.05, 3.63) is 29.8 Å². The third-order valence-electron chi connectivity index (χ3n) is 3.53. The van der Waals surface area contributed by atoms with Crippen LogP contribution in [0.2, 0.25) is 0 Å². The predicted molar refractivity (Wildman–Crippen MR) is 74.3 cm³/mol. The molecule has 106 valence electrons. The highest BCUT2D eigenvalue weighted by Gasteiger charge is 2.23. The Kier molecular flexibility index (Phi) is 5.19. The van der Waals surface area contributed by atoms with Gasteiger partial charge in [-0.15, -0.1) is 0 Å². The first-order valence-corrected chi connectivity index (χ1v) is 6.88. The molecule has 2 N–H and O–H groups in total. The SMILES string of the molecule is Cc1cccc(OCC(O)CN2CCC(CO)C2)c1. The van der Waals surface area contributed by atoms with Crippen molar-refractivity contribution < 1.29 is 14.9 Å². The zero-order chi connectivity index (χ0) is 13.7. The first kappa shape index (κ1) is 14.3. The lowest BCUT2D eigenvalue weighted by atomic mass is 10.1. The number of hydrogen-bond donors (Lipinski definition) is 2. The lowest BCUT2D eigenvalue weighted by Gasteiger charge is -2.20. The van der Waals surface area contributed by atoms with Crippen molar-refractivity contribution in [2.75, 3.05) is 32.8 Å². The molecule has 0 aliphatic carbocycles. The molecule has 0 saturated carbocycles. The van der Waals surface area contributed by atoms with E-state index in [0.717, 1.165) is 30.8 Å². The first-order valence-electron chi connectivity index (χ1n) is 6.88. The van der Waals surface area contributed by atoms with Crippen molar-refractivity contribution in [1.82, 2.24) is 4.90 Å². The van der Waals surface area contributed by atoms with Gasteiger partial charge < -0.3 is 19.8 Å². The van der Waals surface area contributed by atoms with E-state index in [-0.39, 0.29) is 6.61 Å². The van der Waals surface area contributed by atoms with Crippen molar-refractivity contribution in [2.45, 2.75) is 19.4 Å². The molecule has 1 aromatic rings. The van der Waals surface area contributed by atoms with E-state index in [9.17, 15) is 5.11 Å². The van der Waals surface area contributed by atoms with Gasteiger partial charge in [-0.2, -0.15) is 0 Å². The largest absolute Gasteiger partial charge is 0.491 e. The zero-order valence-corrected chi connectivity index (χ0v) is 11.5. The molecule has 0 radical (unpaired) electrons. The number of nitrogens with zero attached hydrogens (tertiary/aromatic N) is 1. The molecule has 1 heterocycles. The number of aliphatic hydroxyl groups is 2. The van der Waals surface area contributed by atoms with Crippen molar-refractivity contribution in [3.63, 3.8) is 0 Å². The molecule has 2 rings (SSSR count). The summed E-state index contributed by atoms with van der Waals surface area (Å²) in [4.78, 5) is 2.19. The maximum atomic E-state index is 9.97. The summed E-state index contributed by atoms with van der Waals surface area (Å²) in [5, 5.41) is 19.1. The Morgan fingerprint density at radius 1 is 1.47 bits per heavy atom. The first-order chi connectivity index (χ1) is 9.17. The number of hydrogen-bond acceptors (Lipinski definition) is 4. The van der Waals surface area contributed by atoms with E-state index in [1.54, 1.807) is 0 Å². The van der Waals surface area contributed by atoms with Crippen LogP contribution in [-0.2, 0) is 0 Å². The Balaban J connectivity index is 1.71. The highest BCUT2D eigenvalue weighted by molar-refractivity contribution is 5.27. The smallest absolute Gasteiger partial charge is 0.119 e. The monoisotopic (exact) mass is 265 g/mol. The summed E-state index contributed by atoms with van der Waals surface area (Å²) in [7, 11) is 0. The lowest BCUT2D eigenvalue weighted by Crippen LogP contribution is -2.34. The molecule has 4 nitrogen and oxygen atoms in total. The van der Waals surface area contributed by atoms with Gasteiger partial charge in [-0.25, -0.2) is 0 Å². The highest BCUT2D eigenvalue weighted by atomic mass is 16.5. The zero-order valence-electron chi connectivity index (χ0n) is 11.5.